The molecular weight excluding hydrogens is 332 g/mol. The van der Waals surface area contributed by atoms with E-state index in [1.165, 1.54) is 0 Å². The summed E-state index contributed by atoms with van der Waals surface area (Å²) in [6, 6.07) is 1.58. The van der Waals surface area contributed by atoms with Crippen LogP contribution in [0, 0.1) is 0 Å². The summed E-state index contributed by atoms with van der Waals surface area (Å²) in [4.78, 5) is 18.1. The van der Waals surface area contributed by atoms with Crippen LogP contribution < -0.4 is 10.6 Å². The van der Waals surface area contributed by atoms with Crippen LogP contribution in [0.1, 0.15) is 29.6 Å². The van der Waals surface area contributed by atoms with E-state index < -0.39 is 0 Å². The summed E-state index contributed by atoms with van der Waals surface area (Å²) in [6.07, 6.45) is 3.85. The Morgan fingerprint density at radius 1 is 1.21 bits per heavy atom. The SMILES string of the molecule is CNC(=O)c1ccnc(NCCCN(CCCO)CCCO)c1Cl. The Balaban J connectivity index is 2.47. The number of carbonyl (C=O) groups is 1. The van der Waals surface area contributed by atoms with Crippen LogP contribution in [0.4, 0.5) is 5.82 Å². The van der Waals surface area contributed by atoms with Gasteiger partial charge in [0.15, 0.2) is 0 Å². The minimum Gasteiger partial charge on any atom is -0.396 e. The van der Waals surface area contributed by atoms with E-state index >= 15 is 0 Å². The van der Waals surface area contributed by atoms with E-state index in [2.05, 4.69) is 20.5 Å². The maximum absolute atomic E-state index is 11.7. The smallest absolute Gasteiger partial charge is 0.252 e. The van der Waals surface area contributed by atoms with E-state index in [0.717, 1.165) is 38.9 Å². The normalized spacial score (nSPS) is 10.9. The summed E-state index contributed by atoms with van der Waals surface area (Å²) < 4.78 is 0. The maximum Gasteiger partial charge on any atom is 0.252 e. The average Bonchev–Trinajstić information content (AvgIpc) is 2.60. The second-order valence-electron chi connectivity index (χ2n) is 5.38. The highest BCUT2D eigenvalue weighted by Crippen LogP contribution is 2.23. The molecule has 1 heterocycles. The zero-order valence-electron chi connectivity index (χ0n) is 14.1. The van der Waals surface area contributed by atoms with E-state index in [1.807, 2.05) is 0 Å². The minimum absolute atomic E-state index is 0.166. The zero-order valence-corrected chi connectivity index (χ0v) is 14.8. The largest absolute Gasteiger partial charge is 0.396 e. The van der Waals surface area contributed by atoms with E-state index in [9.17, 15) is 4.79 Å². The van der Waals surface area contributed by atoms with Gasteiger partial charge >= 0.3 is 0 Å². The first-order chi connectivity index (χ1) is 11.6. The van der Waals surface area contributed by atoms with Crippen molar-refractivity contribution in [2.24, 2.45) is 0 Å². The molecule has 0 bridgehead atoms. The van der Waals surface area contributed by atoms with Gasteiger partial charge in [0.1, 0.15) is 5.82 Å². The second-order valence-corrected chi connectivity index (χ2v) is 5.75. The molecule has 7 nitrogen and oxygen atoms in total. The van der Waals surface area contributed by atoms with Crippen molar-refractivity contribution in [1.82, 2.24) is 15.2 Å². The van der Waals surface area contributed by atoms with Crippen molar-refractivity contribution >= 4 is 23.3 Å². The fourth-order valence-corrected chi connectivity index (χ4v) is 2.57. The van der Waals surface area contributed by atoms with Gasteiger partial charge in [0.05, 0.1) is 10.6 Å². The van der Waals surface area contributed by atoms with Gasteiger partial charge < -0.3 is 25.7 Å². The molecule has 1 amide bonds. The van der Waals surface area contributed by atoms with Crippen molar-refractivity contribution in [2.75, 3.05) is 51.8 Å². The molecule has 136 valence electrons. The molecule has 0 aromatic carbocycles. The number of hydrogen-bond acceptors (Lipinski definition) is 6. The first-order valence-electron chi connectivity index (χ1n) is 8.18. The van der Waals surface area contributed by atoms with Crippen LogP contribution in [0.3, 0.4) is 0 Å². The van der Waals surface area contributed by atoms with Gasteiger partial charge in [-0.25, -0.2) is 4.98 Å². The number of rotatable bonds is 12. The number of hydrogen-bond donors (Lipinski definition) is 4. The van der Waals surface area contributed by atoms with E-state index in [1.54, 1.807) is 19.3 Å². The number of aliphatic hydroxyl groups is 2. The molecule has 8 heteroatoms. The molecule has 1 aromatic heterocycles. The lowest BCUT2D eigenvalue weighted by molar-refractivity contribution is 0.0963. The fourth-order valence-electron chi connectivity index (χ4n) is 2.31. The highest BCUT2D eigenvalue weighted by atomic mass is 35.5. The Bertz CT molecular complexity index is 494. The summed E-state index contributed by atoms with van der Waals surface area (Å²) in [5, 5.41) is 23.9. The van der Waals surface area contributed by atoms with Crippen molar-refractivity contribution < 1.29 is 15.0 Å². The summed E-state index contributed by atoms with van der Waals surface area (Å²) >= 11 is 6.21. The Kier molecular flexibility index (Phi) is 10.3. The topological polar surface area (TPSA) is 97.7 Å². The van der Waals surface area contributed by atoms with Gasteiger partial charge in [-0.3, -0.25) is 4.79 Å². The number of anilines is 1. The third-order valence-corrected chi connectivity index (χ3v) is 3.95. The molecule has 0 atom stereocenters. The first kappa shape index (κ1) is 20.6. The number of nitrogens with zero attached hydrogens (tertiary/aromatic N) is 2. The van der Waals surface area contributed by atoms with Crippen molar-refractivity contribution in [3.05, 3.63) is 22.8 Å². The molecule has 0 radical (unpaired) electrons. The lowest BCUT2D eigenvalue weighted by Gasteiger charge is -2.21. The molecule has 0 fully saturated rings. The maximum atomic E-state index is 11.7. The molecule has 4 N–H and O–H groups in total. The van der Waals surface area contributed by atoms with Crippen LogP contribution in [0.25, 0.3) is 0 Å². The number of aromatic nitrogens is 1. The van der Waals surface area contributed by atoms with Crippen molar-refractivity contribution in [2.45, 2.75) is 19.3 Å². The molecule has 0 spiro atoms. The van der Waals surface area contributed by atoms with E-state index in [4.69, 9.17) is 21.8 Å². The van der Waals surface area contributed by atoms with Crippen LogP contribution in [-0.2, 0) is 0 Å². The molecule has 0 aliphatic rings. The van der Waals surface area contributed by atoms with Gasteiger partial charge in [-0.15, -0.1) is 0 Å². The fraction of sp³-hybridized carbons (Fsp3) is 0.625. The van der Waals surface area contributed by atoms with E-state index in [0.29, 0.717) is 22.9 Å². The summed E-state index contributed by atoms with van der Waals surface area (Å²) in [6.45, 7) is 3.46. The number of nitrogens with one attached hydrogen (secondary N) is 2. The molecule has 24 heavy (non-hydrogen) atoms. The van der Waals surface area contributed by atoms with Crippen LogP contribution in [0.2, 0.25) is 5.02 Å². The molecule has 0 saturated heterocycles. The minimum atomic E-state index is -0.246. The Hall–Kier alpha value is -1.41. The van der Waals surface area contributed by atoms with Gasteiger partial charge in [0.2, 0.25) is 0 Å². The van der Waals surface area contributed by atoms with Crippen molar-refractivity contribution in [3.63, 3.8) is 0 Å². The number of pyridine rings is 1. The molecule has 1 rings (SSSR count). The average molecular weight is 359 g/mol. The van der Waals surface area contributed by atoms with Gasteiger partial charge in [0, 0.05) is 46.1 Å². The first-order valence-corrected chi connectivity index (χ1v) is 8.56. The van der Waals surface area contributed by atoms with Crippen LogP contribution in [0.15, 0.2) is 12.3 Å². The molecule has 0 saturated carbocycles. The third kappa shape index (κ3) is 7.00. The van der Waals surface area contributed by atoms with Gasteiger partial charge in [-0.1, -0.05) is 11.6 Å². The standard InChI is InChI=1S/C16H27ClN4O3/c1-18-16(24)13-5-7-20-15(14(13)17)19-6-2-8-21(9-3-11-22)10-4-12-23/h5,7,22-23H,2-4,6,8-12H2,1H3,(H,18,24)(H,19,20). The van der Waals surface area contributed by atoms with Gasteiger partial charge in [-0.05, 0) is 31.9 Å². The monoisotopic (exact) mass is 358 g/mol. The number of amides is 1. The van der Waals surface area contributed by atoms with Crippen LogP contribution in [-0.4, -0.2) is 72.4 Å². The summed E-state index contributed by atoms with van der Waals surface area (Å²) in [5.41, 5.74) is 0.393. The molecule has 0 aliphatic heterocycles. The number of aliphatic hydroxyl groups excluding tert-OH is 2. The highest BCUT2D eigenvalue weighted by Gasteiger charge is 2.13. The van der Waals surface area contributed by atoms with Crippen LogP contribution in [0.5, 0.6) is 0 Å². The summed E-state index contributed by atoms with van der Waals surface area (Å²) in [7, 11) is 1.56. The highest BCUT2D eigenvalue weighted by molar-refractivity contribution is 6.36. The van der Waals surface area contributed by atoms with Gasteiger partial charge in [-0.2, -0.15) is 0 Å². The molecule has 0 aliphatic carbocycles. The second kappa shape index (κ2) is 12.0. The molecule has 0 unspecified atom stereocenters. The number of carbonyl (C=O) groups excluding carboxylic acids is 1. The molecular formula is C16H27ClN4O3. The zero-order chi connectivity index (χ0) is 17.8. The lowest BCUT2D eigenvalue weighted by Crippen LogP contribution is -2.29. The van der Waals surface area contributed by atoms with Gasteiger partial charge in [0.25, 0.3) is 5.91 Å². The predicted octanol–water partition coefficient (Wildman–Crippen LogP) is 0.963. The molecule has 1 aromatic rings. The Morgan fingerprint density at radius 2 is 1.83 bits per heavy atom. The quantitative estimate of drug-likeness (QED) is 0.416. The Morgan fingerprint density at radius 3 is 2.42 bits per heavy atom. The lowest BCUT2D eigenvalue weighted by atomic mass is 10.2. The third-order valence-electron chi connectivity index (χ3n) is 3.57. The van der Waals surface area contributed by atoms with Crippen molar-refractivity contribution in [1.29, 1.82) is 0 Å². The number of halogens is 1. The van der Waals surface area contributed by atoms with Crippen LogP contribution >= 0.6 is 11.6 Å². The van der Waals surface area contributed by atoms with E-state index in [-0.39, 0.29) is 19.1 Å². The predicted molar refractivity (Wildman–Crippen MR) is 95.6 cm³/mol. The summed E-state index contributed by atoms with van der Waals surface area (Å²) in [5.74, 6) is 0.250. The van der Waals surface area contributed by atoms with Crippen molar-refractivity contribution in [3.8, 4) is 0 Å². The Labute approximate surface area is 148 Å².